The van der Waals surface area contributed by atoms with Gasteiger partial charge < -0.3 is 10.6 Å². The molecule has 0 spiro atoms. The summed E-state index contributed by atoms with van der Waals surface area (Å²) in [7, 11) is 0. The third-order valence-corrected chi connectivity index (χ3v) is 2.10. The zero-order chi connectivity index (χ0) is 10.4. The second-order valence-corrected chi connectivity index (χ2v) is 3.46. The van der Waals surface area contributed by atoms with Crippen LogP contribution in [0.1, 0.15) is 26.7 Å². The molecule has 0 saturated heterocycles. The summed E-state index contributed by atoms with van der Waals surface area (Å²) >= 11 is 0. The molecule has 3 heteroatoms. The van der Waals surface area contributed by atoms with Gasteiger partial charge >= 0.3 is 0 Å². The van der Waals surface area contributed by atoms with Crippen molar-refractivity contribution in [3.05, 3.63) is 18.5 Å². The third kappa shape index (κ3) is 2.91. The summed E-state index contributed by atoms with van der Waals surface area (Å²) in [5, 5.41) is 0. The van der Waals surface area contributed by atoms with Gasteiger partial charge in [-0.25, -0.2) is 0 Å². The number of aromatic nitrogens is 1. The van der Waals surface area contributed by atoms with Gasteiger partial charge in [-0.1, -0.05) is 13.8 Å². The Morgan fingerprint density at radius 1 is 1.21 bits per heavy atom. The SMILES string of the molecule is CCCN(CCC)c1cncc(N)c1. The average molecular weight is 193 g/mol. The van der Waals surface area contributed by atoms with E-state index in [1.54, 1.807) is 6.20 Å². The van der Waals surface area contributed by atoms with Crippen LogP contribution in [0.25, 0.3) is 0 Å². The molecule has 0 saturated carbocycles. The molecule has 0 aliphatic rings. The lowest BCUT2D eigenvalue weighted by atomic mass is 10.3. The summed E-state index contributed by atoms with van der Waals surface area (Å²) in [4.78, 5) is 6.43. The minimum atomic E-state index is 0.736. The molecule has 0 radical (unpaired) electrons. The van der Waals surface area contributed by atoms with Crippen molar-refractivity contribution < 1.29 is 0 Å². The van der Waals surface area contributed by atoms with E-state index in [4.69, 9.17) is 5.73 Å². The molecule has 3 nitrogen and oxygen atoms in total. The lowest BCUT2D eigenvalue weighted by molar-refractivity contribution is 0.743. The fourth-order valence-electron chi connectivity index (χ4n) is 1.53. The molecule has 0 atom stereocenters. The fraction of sp³-hybridized carbons (Fsp3) is 0.545. The molecule has 0 amide bonds. The lowest BCUT2D eigenvalue weighted by Gasteiger charge is -2.23. The van der Waals surface area contributed by atoms with E-state index in [0.717, 1.165) is 37.3 Å². The number of anilines is 2. The minimum Gasteiger partial charge on any atom is -0.397 e. The Bertz CT molecular complexity index is 267. The number of hydrogen-bond donors (Lipinski definition) is 1. The van der Waals surface area contributed by atoms with Gasteiger partial charge in [0.1, 0.15) is 0 Å². The van der Waals surface area contributed by atoms with E-state index in [-0.39, 0.29) is 0 Å². The topological polar surface area (TPSA) is 42.2 Å². The molecule has 0 aliphatic carbocycles. The highest BCUT2D eigenvalue weighted by Crippen LogP contribution is 2.16. The largest absolute Gasteiger partial charge is 0.397 e. The second-order valence-electron chi connectivity index (χ2n) is 3.46. The summed E-state index contributed by atoms with van der Waals surface area (Å²) in [5.41, 5.74) is 7.57. The van der Waals surface area contributed by atoms with Crippen LogP contribution >= 0.6 is 0 Å². The van der Waals surface area contributed by atoms with Crippen LogP contribution in [0.2, 0.25) is 0 Å². The van der Waals surface area contributed by atoms with Crippen LogP contribution in [0, 0.1) is 0 Å². The molecule has 1 aromatic rings. The quantitative estimate of drug-likeness (QED) is 0.780. The van der Waals surface area contributed by atoms with Crippen molar-refractivity contribution in [3.63, 3.8) is 0 Å². The van der Waals surface area contributed by atoms with Crippen LogP contribution < -0.4 is 10.6 Å². The number of nitrogens with two attached hydrogens (primary N) is 1. The molecule has 14 heavy (non-hydrogen) atoms. The molecule has 0 unspecified atom stereocenters. The predicted molar refractivity (Wildman–Crippen MR) is 61.4 cm³/mol. The average Bonchev–Trinajstić information content (AvgIpc) is 2.17. The normalized spacial score (nSPS) is 10.1. The molecule has 78 valence electrons. The standard InChI is InChI=1S/C11H19N3/c1-3-5-14(6-4-2)11-7-10(12)8-13-9-11/h7-9H,3-6,12H2,1-2H3. The predicted octanol–water partition coefficient (Wildman–Crippen LogP) is 2.29. The van der Waals surface area contributed by atoms with E-state index in [1.165, 1.54) is 0 Å². The Balaban J connectivity index is 2.75. The monoisotopic (exact) mass is 193 g/mol. The van der Waals surface area contributed by atoms with E-state index in [9.17, 15) is 0 Å². The maximum Gasteiger partial charge on any atom is 0.0573 e. The maximum absolute atomic E-state index is 5.70. The molecule has 0 fully saturated rings. The molecule has 2 N–H and O–H groups in total. The van der Waals surface area contributed by atoms with E-state index in [2.05, 4.69) is 23.7 Å². The first-order valence-corrected chi connectivity index (χ1v) is 5.23. The van der Waals surface area contributed by atoms with Crippen molar-refractivity contribution >= 4 is 11.4 Å². The van der Waals surface area contributed by atoms with Gasteiger partial charge in [-0.05, 0) is 18.9 Å². The Labute approximate surface area is 85.9 Å². The zero-order valence-electron chi connectivity index (χ0n) is 9.03. The van der Waals surface area contributed by atoms with Crippen molar-refractivity contribution in [1.82, 2.24) is 4.98 Å². The molecular weight excluding hydrogens is 174 g/mol. The van der Waals surface area contributed by atoms with Crippen molar-refractivity contribution in [2.24, 2.45) is 0 Å². The van der Waals surface area contributed by atoms with Gasteiger partial charge in [0, 0.05) is 19.3 Å². The Morgan fingerprint density at radius 2 is 1.86 bits per heavy atom. The van der Waals surface area contributed by atoms with Crippen LogP contribution in [-0.2, 0) is 0 Å². The van der Waals surface area contributed by atoms with Crippen molar-refractivity contribution in [2.45, 2.75) is 26.7 Å². The van der Waals surface area contributed by atoms with E-state index >= 15 is 0 Å². The maximum atomic E-state index is 5.70. The number of nitrogens with zero attached hydrogens (tertiary/aromatic N) is 2. The van der Waals surface area contributed by atoms with E-state index in [0.29, 0.717) is 0 Å². The number of nitrogen functional groups attached to an aromatic ring is 1. The highest BCUT2D eigenvalue weighted by molar-refractivity contribution is 5.53. The Morgan fingerprint density at radius 3 is 2.36 bits per heavy atom. The summed E-state index contributed by atoms with van der Waals surface area (Å²) in [6, 6.07) is 1.98. The third-order valence-electron chi connectivity index (χ3n) is 2.10. The van der Waals surface area contributed by atoms with Gasteiger partial charge in [0.25, 0.3) is 0 Å². The van der Waals surface area contributed by atoms with Gasteiger partial charge in [0.05, 0.1) is 17.6 Å². The van der Waals surface area contributed by atoms with Crippen molar-refractivity contribution in [2.75, 3.05) is 23.7 Å². The van der Waals surface area contributed by atoms with Crippen LogP contribution in [0.5, 0.6) is 0 Å². The molecule has 1 rings (SSSR count). The fourth-order valence-corrected chi connectivity index (χ4v) is 1.53. The smallest absolute Gasteiger partial charge is 0.0573 e. The summed E-state index contributed by atoms with van der Waals surface area (Å²) in [6.45, 7) is 6.50. The van der Waals surface area contributed by atoms with Crippen LogP contribution in [0.15, 0.2) is 18.5 Å². The van der Waals surface area contributed by atoms with Crippen molar-refractivity contribution in [3.8, 4) is 0 Å². The molecule has 0 aliphatic heterocycles. The molecule has 1 aromatic heterocycles. The Hall–Kier alpha value is -1.25. The molecule has 0 bridgehead atoms. The van der Waals surface area contributed by atoms with E-state index in [1.807, 2.05) is 12.3 Å². The first-order chi connectivity index (χ1) is 6.77. The summed E-state index contributed by atoms with van der Waals surface area (Å²) < 4.78 is 0. The van der Waals surface area contributed by atoms with Gasteiger partial charge in [0.2, 0.25) is 0 Å². The van der Waals surface area contributed by atoms with Crippen molar-refractivity contribution in [1.29, 1.82) is 0 Å². The van der Waals surface area contributed by atoms with Crippen LogP contribution in [0.3, 0.4) is 0 Å². The van der Waals surface area contributed by atoms with Crippen LogP contribution in [0.4, 0.5) is 11.4 Å². The molecule has 0 aromatic carbocycles. The first-order valence-electron chi connectivity index (χ1n) is 5.23. The summed E-state index contributed by atoms with van der Waals surface area (Å²) in [6.07, 6.45) is 5.85. The Kier molecular flexibility index (Phi) is 4.23. The molecular formula is C11H19N3. The first kappa shape index (κ1) is 10.8. The van der Waals surface area contributed by atoms with Gasteiger partial charge in [-0.15, -0.1) is 0 Å². The van der Waals surface area contributed by atoms with Gasteiger partial charge in [-0.3, -0.25) is 4.98 Å². The molecule has 1 heterocycles. The summed E-state index contributed by atoms with van der Waals surface area (Å²) in [5.74, 6) is 0. The highest BCUT2D eigenvalue weighted by atomic mass is 15.1. The number of hydrogen-bond acceptors (Lipinski definition) is 3. The van der Waals surface area contributed by atoms with Crippen LogP contribution in [-0.4, -0.2) is 18.1 Å². The number of rotatable bonds is 5. The van der Waals surface area contributed by atoms with Gasteiger partial charge in [-0.2, -0.15) is 0 Å². The minimum absolute atomic E-state index is 0.736. The lowest BCUT2D eigenvalue weighted by Crippen LogP contribution is -2.24. The highest BCUT2D eigenvalue weighted by Gasteiger charge is 2.04. The number of pyridine rings is 1. The van der Waals surface area contributed by atoms with E-state index < -0.39 is 0 Å². The zero-order valence-corrected chi connectivity index (χ0v) is 9.03. The van der Waals surface area contributed by atoms with Gasteiger partial charge in [0.15, 0.2) is 0 Å². The second kappa shape index (κ2) is 5.47.